The molecule has 0 atom stereocenters. The van der Waals surface area contributed by atoms with Gasteiger partial charge in [-0.1, -0.05) is 91.0 Å². The van der Waals surface area contributed by atoms with Crippen molar-refractivity contribution in [1.82, 2.24) is 0 Å². The van der Waals surface area contributed by atoms with E-state index in [4.69, 9.17) is 0 Å². The third-order valence-corrected chi connectivity index (χ3v) is 9.02. The van der Waals surface area contributed by atoms with Crippen molar-refractivity contribution in [2.24, 2.45) is 0 Å². The molecule has 36 heavy (non-hydrogen) atoms. The van der Waals surface area contributed by atoms with Gasteiger partial charge in [0.15, 0.2) is 8.46 Å². The molecule has 0 unspecified atom stereocenters. The van der Waals surface area contributed by atoms with Crippen LogP contribution in [0.5, 0.6) is 0 Å². The van der Waals surface area contributed by atoms with Crippen molar-refractivity contribution in [3.63, 3.8) is 0 Å². The van der Waals surface area contributed by atoms with Crippen LogP contribution in [0.2, 0.25) is 0 Å². The maximum Gasteiger partial charge on any atom is 0.193 e. The SMILES string of the molecule is Cc1cccc2cc3ccccc3c(-c3sc(-c4c5ccccc5cc5ccccc45)cc3P=O)c12. The smallest absolute Gasteiger partial charge is 0.193 e. The highest BCUT2D eigenvalue weighted by Crippen LogP contribution is 2.46. The Morgan fingerprint density at radius 2 is 1.11 bits per heavy atom. The monoisotopic (exact) mass is 496 g/mol. The lowest BCUT2D eigenvalue weighted by molar-refractivity contribution is 0.603. The van der Waals surface area contributed by atoms with Crippen LogP contribution in [-0.4, -0.2) is 0 Å². The van der Waals surface area contributed by atoms with Gasteiger partial charge < -0.3 is 0 Å². The van der Waals surface area contributed by atoms with Crippen molar-refractivity contribution in [3.05, 3.63) is 115 Å². The van der Waals surface area contributed by atoms with Crippen LogP contribution < -0.4 is 5.30 Å². The second-order valence-corrected chi connectivity index (χ2v) is 11.0. The van der Waals surface area contributed by atoms with Crippen LogP contribution in [0.15, 0.2) is 109 Å². The van der Waals surface area contributed by atoms with E-state index in [0.29, 0.717) is 0 Å². The molecule has 0 spiro atoms. The summed E-state index contributed by atoms with van der Waals surface area (Å²) in [5.41, 5.74) is 3.62. The maximum absolute atomic E-state index is 12.6. The first-order chi connectivity index (χ1) is 17.7. The predicted molar refractivity (Wildman–Crippen MR) is 157 cm³/mol. The molecule has 0 saturated heterocycles. The second-order valence-electron chi connectivity index (χ2n) is 9.26. The minimum absolute atomic E-state index is 0.0367. The van der Waals surface area contributed by atoms with Crippen molar-refractivity contribution in [2.45, 2.75) is 6.92 Å². The van der Waals surface area contributed by atoms with Gasteiger partial charge in [0.05, 0.1) is 10.2 Å². The van der Waals surface area contributed by atoms with Crippen LogP contribution in [0.4, 0.5) is 0 Å². The van der Waals surface area contributed by atoms with E-state index in [1.165, 1.54) is 59.8 Å². The number of fused-ring (bicyclic) bond motifs is 4. The first kappa shape index (κ1) is 21.4. The summed E-state index contributed by atoms with van der Waals surface area (Å²) < 4.78 is 12.6. The summed E-state index contributed by atoms with van der Waals surface area (Å²) >= 11 is 1.75. The van der Waals surface area contributed by atoms with Crippen LogP contribution in [0.1, 0.15) is 5.56 Å². The zero-order valence-electron chi connectivity index (χ0n) is 19.7. The molecule has 0 fully saturated rings. The van der Waals surface area contributed by atoms with Crippen LogP contribution in [0.25, 0.3) is 64.0 Å². The Balaban J connectivity index is 1.62. The van der Waals surface area contributed by atoms with Gasteiger partial charge >= 0.3 is 0 Å². The zero-order valence-corrected chi connectivity index (χ0v) is 21.4. The highest BCUT2D eigenvalue weighted by Gasteiger charge is 2.21. The Labute approximate surface area is 214 Å². The molecule has 6 aromatic carbocycles. The van der Waals surface area contributed by atoms with E-state index in [1.54, 1.807) is 11.3 Å². The van der Waals surface area contributed by atoms with Gasteiger partial charge in [-0.2, -0.15) is 0 Å². The van der Waals surface area contributed by atoms with Gasteiger partial charge in [-0.3, -0.25) is 4.57 Å². The number of benzene rings is 6. The number of thiophene rings is 1. The van der Waals surface area contributed by atoms with E-state index < -0.39 is 0 Å². The van der Waals surface area contributed by atoms with E-state index in [0.717, 1.165) is 15.1 Å². The molecule has 0 bridgehead atoms. The van der Waals surface area contributed by atoms with Crippen molar-refractivity contribution in [3.8, 4) is 20.9 Å². The van der Waals surface area contributed by atoms with E-state index in [2.05, 4.69) is 116 Å². The minimum atomic E-state index is 0.0367. The molecule has 0 amide bonds. The first-order valence-corrected chi connectivity index (χ1v) is 13.7. The van der Waals surface area contributed by atoms with Crippen molar-refractivity contribution in [2.75, 3.05) is 0 Å². The Morgan fingerprint density at radius 3 is 1.72 bits per heavy atom. The average molecular weight is 497 g/mol. The average Bonchev–Trinajstić information content (AvgIpc) is 3.34. The molecule has 1 nitrogen and oxygen atoms in total. The van der Waals surface area contributed by atoms with Crippen molar-refractivity contribution in [1.29, 1.82) is 0 Å². The van der Waals surface area contributed by atoms with Crippen molar-refractivity contribution >= 4 is 68.2 Å². The summed E-state index contributed by atoms with van der Waals surface area (Å²) in [6.07, 6.45) is 0. The lowest BCUT2D eigenvalue weighted by Crippen LogP contribution is -1.94. The first-order valence-electron chi connectivity index (χ1n) is 12.0. The number of hydrogen-bond donors (Lipinski definition) is 0. The number of hydrogen-bond acceptors (Lipinski definition) is 2. The molecule has 1 aromatic heterocycles. The molecular weight excluding hydrogens is 475 g/mol. The van der Waals surface area contributed by atoms with Gasteiger partial charge in [-0.25, -0.2) is 0 Å². The second kappa shape index (κ2) is 8.38. The van der Waals surface area contributed by atoms with Gasteiger partial charge in [0.2, 0.25) is 0 Å². The van der Waals surface area contributed by atoms with Gasteiger partial charge in [-0.05, 0) is 73.8 Å². The Hall–Kier alpha value is -3.84. The van der Waals surface area contributed by atoms with Crippen molar-refractivity contribution < 1.29 is 4.57 Å². The summed E-state index contributed by atoms with van der Waals surface area (Å²) in [6, 6.07) is 38.8. The minimum Gasteiger partial charge on any atom is -0.269 e. The lowest BCUT2D eigenvalue weighted by Gasteiger charge is -2.13. The molecule has 0 aliphatic rings. The summed E-state index contributed by atoms with van der Waals surface area (Å²) in [6.45, 7) is 2.17. The quantitative estimate of drug-likeness (QED) is 0.176. The van der Waals surface area contributed by atoms with Crippen LogP contribution >= 0.6 is 19.8 Å². The molecule has 0 aliphatic heterocycles. The molecule has 170 valence electrons. The van der Waals surface area contributed by atoms with E-state index >= 15 is 0 Å². The molecule has 3 heteroatoms. The topological polar surface area (TPSA) is 17.1 Å². The molecule has 0 aliphatic carbocycles. The lowest BCUT2D eigenvalue weighted by atomic mass is 9.93. The van der Waals surface area contributed by atoms with Crippen LogP contribution in [0, 0.1) is 6.92 Å². The highest BCUT2D eigenvalue weighted by molar-refractivity contribution is 7.37. The van der Waals surface area contributed by atoms with E-state index in [9.17, 15) is 4.57 Å². The van der Waals surface area contributed by atoms with Gasteiger partial charge in [0, 0.05) is 16.0 Å². The third-order valence-electron chi connectivity index (χ3n) is 7.15. The largest absolute Gasteiger partial charge is 0.269 e. The summed E-state index contributed by atoms with van der Waals surface area (Å²) in [5.74, 6) is 0. The predicted octanol–water partition coefficient (Wildman–Crippen LogP) is 9.92. The number of rotatable bonds is 3. The van der Waals surface area contributed by atoms with Crippen LogP contribution in [0.3, 0.4) is 0 Å². The molecule has 1 heterocycles. The fraction of sp³-hybridized carbons (Fsp3) is 0.0303. The van der Waals surface area contributed by atoms with E-state index in [-0.39, 0.29) is 8.46 Å². The third kappa shape index (κ3) is 3.23. The Bertz CT molecular complexity index is 1930. The Kier molecular flexibility index (Phi) is 4.99. The molecular formula is C33H21OPS. The fourth-order valence-corrected chi connectivity index (χ4v) is 7.48. The zero-order chi connectivity index (χ0) is 24.2. The molecule has 0 N–H and O–H groups in total. The normalized spacial score (nSPS) is 11.8. The van der Waals surface area contributed by atoms with E-state index in [1.807, 2.05) is 0 Å². The Morgan fingerprint density at radius 1 is 0.583 bits per heavy atom. The number of aryl methyl sites for hydroxylation is 1. The van der Waals surface area contributed by atoms with Crippen LogP contribution in [-0.2, 0) is 4.57 Å². The summed E-state index contributed by atoms with van der Waals surface area (Å²) in [7, 11) is 0.0367. The molecule has 7 rings (SSSR count). The molecule has 7 aromatic rings. The van der Waals surface area contributed by atoms with Gasteiger partial charge in [0.1, 0.15) is 0 Å². The summed E-state index contributed by atoms with van der Waals surface area (Å²) in [4.78, 5) is 2.22. The fourth-order valence-electron chi connectivity index (χ4n) is 5.57. The van der Waals surface area contributed by atoms with Gasteiger partial charge in [-0.15, -0.1) is 11.3 Å². The summed E-state index contributed by atoms with van der Waals surface area (Å²) in [5, 5.41) is 10.6. The van der Waals surface area contributed by atoms with Gasteiger partial charge in [0.25, 0.3) is 0 Å². The highest BCUT2D eigenvalue weighted by atomic mass is 32.1. The maximum atomic E-state index is 12.6. The molecule has 0 radical (unpaired) electrons. The standard InChI is InChI=1S/C33H21OPS/c1-20-9-8-13-24-18-23-12-4-7-16-27(23)32(30(20)24)33-28(35-34)19-29(36-33)31-25-14-5-2-10-21(25)17-22-11-3-6-15-26(22)31/h2-19H,1H3. The molecule has 0 saturated carbocycles.